The minimum Gasteiger partial charge on any atom is -0.383 e. The highest BCUT2D eigenvalue weighted by molar-refractivity contribution is 7.99. The quantitative estimate of drug-likeness (QED) is 0.616. The molecule has 5 nitrogen and oxygen atoms in total. The number of nitrogens with zero attached hydrogens (tertiary/aromatic N) is 2. The lowest BCUT2D eigenvalue weighted by atomic mass is 10.1. The first-order valence-corrected chi connectivity index (χ1v) is 9.59. The van der Waals surface area contributed by atoms with E-state index in [-0.39, 0.29) is 11.9 Å². The van der Waals surface area contributed by atoms with Crippen LogP contribution in [-0.4, -0.2) is 34.9 Å². The van der Waals surface area contributed by atoms with Crippen molar-refractivity contribution in [1.82, 2.24) is 14.9 Å². The lowest BCUT2D eigenvalue weighted by Crippen LogP contribution is -2.28. The lowest BCUT2D eigenvalue weighted by Gasteiger charge is -2.14. The highest BCUT2D eigenvalue weighted by Crippen LogP contribution is 2.24. The van der Waals surface area contributed by atoms with E-state index in [1.165, 1.54) is 11.8 Å². The molecule has 2 aromatic carbocycles. The first-order valence-electron chi connectivity index (χ1n) is 8.60. The molecule has 1 N–H and O–H groups in total. The average Bonchev–Trinajstić information content (AvgIpc) is 3.03. The summed E-state index contributed by atoms with van der Waals surface area (Å²) in [5, 5.41) is 3.88. The maximum absolute atomic E-state index is 12.3. The molecule has 26 heavy (non-hydrogen) atoms. The molecule has 0 unspecified atom stereocenters. The number of nitrogens with one attached hydrogen (secondary N) is 1. The second-order valence-corrected chi connectivity index (χ2v) is 6.96. The SMILES string of the molecule is COCCn1c(SCC(=O)N[C@H](C)c2ccccc2)nc2ccccc21. The number of hydrogen-bond acceptors (Lipinski definition) is 4. The third-order valence-corrected chi connectivity index (χ3v) is 5.12. The summed E-state index contributed by atoms with van der Waals surface area (Å²) in [4.78, 5) is 17.0. The van der Waals surface area contributed by atoms with Crippen LogP contribution < -0.4 is 5.32 Å². The zero-order chi connectivity index (χ0) is 18.4. The molecular weight excluding hydrogens is 346 g/mol. The fraction of sp³-hybridized carbons (Fsp3) is 0.300. The first kappa shape index (κ1) is 18.5. The van der Waals surface area contributed by atoms with E-state index in [9.17, 15) is 4.79 Å². The Morgan fingerprint density at radius 1 is 1.19 bits per heavy atom. The molecule has 0 aliphatic carbocycles. The molecule has 3 rings (SSSR count). The van der Waals surface area contributed by atoms with Gasteiger partial charge in [0.2, 0.25) is 5.91 Å². The monoisotopic (exact) mass is 369 g/mol. The summed E-state index contributed by atoms with van der Waals surface area (Å²) in [5.74, 6) is 0.324. The summed E-state index contributed by atoms with van der Waals surface area (Å²) >= 11 is 1.45. The molecule has 6 heteroatoms. The van der Waals surface area contributed by atoms with Gasteiger partial charge in [-0.3, -0.25) is 4.79 Å². The Balaban J connectivity index is 1.66. The molecule has 0 bridgehead atoms. The zero-order valence-electron chi connectivity index (χ0n) is 15.0. The molecule has 0 aliphatic heterocycles. The first-order chi connectivity index (χ1) is 12.7. The highest BCUT2D eigenvalue weighted by atomic mass is 32.2. The van der Waals surface area contributed by atoms with Crippen molar-refractivity contribution in [3.63, 3.8) is 0 Å². The number of fused-ring (bicyclic) bond motifs is 1. The van der Waals surface area contributed by atoms with E-state index in [1.807, 2.05) is 61.5 Å². The van der Waals surface area contributed by atoms with Crippen LogP contribution in [0.2, 0.25) is 0 Å². The predicted molar refractivity (Wildman–Crippen MR) is 105 cm³/mol. The van der Waals surface area contributed by atoms with Gasteiger partial charge in [-0.25, -0.2) is 4.98 Å². The van der Waals surface area contributed by atoms with Gasteiger partial charge in [0.15, 0.2) is 5.16 Å². The van der Waals surface area contributed by atoms with Crippen molar-refractivity contribution in [2.45, 2.75) is 24.7 Å². The van der Waals surface area contributed by atoms with Crippen LogP contribution in [0.3, 0.4) is 0 Å². The van der Waals surface area contributed by atoms with Crippen LogP contribution in [0.4, 0.5) is 0 Å². The van der Waals surface area contributed by atoms with Crippen LogP contribution in [0.25, 0.3) is 11.0 Å². The summed E-state index contributed by atoms with van der Waals surface area (Å²) in [6.45, 7) is 3.30. The van der Waals surface area contributed by atoms with Gasteiger partial charge in [-0.2, -0.15) is 0 Å². The predicted octanol–water partition coefficient (Wildman–Crippen LogP) is 3.65. The van der Waals surface area contributed by atoms with Gasteiger partial charge >= 0.3 is 0 Å². The number of thioether (sulfide) groups is 1. The molecule has 3 aromatic rings. The number of amides is 1. The standard InChI is InChI=1S/C20H23N3O2S/c1-15(16-8-4-3-5-9-16)21-19(24)14-26-20-22-17-10-6-7-11-18(17)23(20)12-13-25-2/h3-11,15H,12-14H2,1-2H3,(H,21,24)/t15-/m1/s1. The van der Waals surface area contributed by atoms with Crippen molar-refractivity contribution in [3.8, 4) is 0 Å². The number of imidazole rings is 1. The summed E-state index contributed by atoms with van der Waals surface area (Å²) in [5.41, 5.74) is 3.09. The number of hydrogen-bond donors (Lipinski definition) is 1. The molecular formula is C20H23N3O2S. The number of methoxy groups -OCH3 is 1. The second kappa shape index (κ2) is 8.87. The van der Waals surface area contributed by atoms with E-state index in [2.05, 4.69) is 14.9 Å². The van der Waals surface area contributed by atoms with Crippen LogP contribution >= 0.6 is 11.8 Å². The Labute approximate surface area is 157 Å². The molecule has 1 amide bonds. The van der Waals surface area contributed by atoms with Crippen LogP contribution in [0.15, 0.2) is 59.8 Å². The van der Waals surface area contributed by atoms with Gasteiger partial charge in [-0.15, -0.1) is 0 Å². The van der Waals surface area contributed by atoms with Crippen LogP contribution in [0.1, 0.15) is 18.5 Å². The Morgan fingerprint density at radius 3 is 2.69 bits per heavy atom. The summed E-state index contributed by atoms with van der Waals surface area (Å²) in [7, 11) is 1.68. The summed E-state index contributed by atoms with van der Waals surface area (Å²) < 4.78 is 7.32. The fourth-order valence-electron chi connectivity index (χ4n) is 2.80. The molecule has 0 saturated carbocycles. The van der Waals surface area contributed by atoms with Gasteiger partial charge in [-0.1, -0.05) is 54.2 Å². The van der Waals surface area contributed by atoms with E-state index < -0.39 is 0 Å². The normalized spacial score (nSPS) is 12.2. The van der Waals surface area contributed by atoms with Crippen molar-refractivity contribution < 1.29 is 9.53 Å². The highest BCUT2D eigenvalue weighted by Gasteiger charge is 2.14. The number of carbonyl (C=O) groups is 1. The van der Waals surface area contributed by atoms with Crippen molar-refractivity contribution in [2.75, 3.05) is 19.5 Å². The van der Waals surface area contributed by atoms with Gasteiger partial charge in [0, 0.05) is 13.7 Å². The Morgan fingerprint density at radius 2 is 1.92 bits per heavy atom. The van der Waals surface area contributed by atoms with E-state index >= 15 is 0 Å². The van der Waals surface area contributed by atoms with E-state index in [4.69, 9.17) is 4.74 Å². The van der Waals surface area contributed by atoms with Crippen LogP contribution in [-0.2, 0) is 16.1 Å². The lowest BCUT2D eigenvalue weighted by molar-refractivity contribution is -0.119. The smallest absolute Gasteiger partial charge is 0.230 e. The summed E-state index contributed by atoms with van der Waals surface area (Å²) in [6.07, 6.45) is 0. The fourth-order valence-corrected chi connectivity index (χ4v) is 3.65. The topological polar surface area (TPSA) is 56.1 Å². The third kappa shape index (κ3) is 4.45. The molecule has 0 radical (unpaired) electrons. The van der Waals surface area contributed by atoms with Crippen LogP contribution in [0.5, 0.6) is 0 Å². The number of para-hydroxylation sites is 2. The van der Waals surface area contributed by atoms with Gasteiger partial charge in [0.1, 0.15) is 0 Å². The van der Waals surface area contributed by atoms with Gasteiger partial charge in [0.25, 0.3) is 0 Å². The molecule has 0 fully saturated rings. The molecule has 0 aliphatic rings. The molecule has 136 valence electrons. The maximum Gasteiger partial charge on any atom is 0.230 e. The van der Waals surface area contributed by atoms with Crippen molar-refractivity contribution >= 4 is 28.7 Å². The molecule has 1 aromatic heterocycles. The molecule has 1 atom stereocenters. The van der Waals surface area contributed by atoms with Crippen molar-refractivity contribution in [1.29, 1.82) is 0 Å². The van der Waals surface area contributed by atoms with E-state index in [0.29, 0.717) is 18.9 Å². The number of ether oxygens (including phenoxy) is 1. The van der Waals surface area contributed by atoms with Crippen molar-refractivity contribution in [3.05, 3.63) is 60.2 Å². The minimum atomic E-state index is -0.0170. The van der Waals surface area contributed by atoms with Crippen molar-refractivity contribution in [2.24, 2.45) is 0 Å². The Kier molecular flexibility index (Phi) is 6.30. The zero-order valence-corrected chi connectivity index (χ0v) is 15.8. The van der Waals surface area contributed by atoms with Gasteiger partial charge in [0.05, 0.1) is 29.4 Å². The number of rotatable bonds is 8. The summed E-state index contributed by atoms with van der Waals surface area (Å²) in [6, 6.07) is 17.9. The largest absolute Gasteiger partial charge is 0.383 e. The molecule has 0 saturated heterocycles. The number of aromatic nitrogens is 2. The Hall–Kier alpha value is -2.31. The minimum absolute atomic E-state index is 0.00305. The average molecular weight is 369 g/mol. The molecule has 1 heterocycles. The van der Waals surface area contributed by atoms with Gasteiger partial charge in [-0.05, 0) is 24.6 Å². The Bertz CT molecular complexity index is 864. The maximum atomic E-state index is 12.3. The van der Waals surface area contributed by atoms with E-state index in [1.54, 1.807) is 7.11 Å². The third-order valence-electron chi connectivity index (χ3n) is 4.15. The molecule has 0 spiro atoms. The number of benzene rings is 2. The second-order valence-electron chi connectivity index (χ2n) is 6.02. The van der Waals surface area contributed by atoms with E-state index in [0.717, 1.165) is 21.8 Å². The van der Waals surface area contributed by atoms with Gasteiger partial charge < -0.3 is 14.6 Å². The number of carbonyl (C=O) groups excluding carboxylic acids is 1. The van der Waals surface area contributed by atoms with Crippen LogP contribution in [0, 0.1) is 0 Å².